The number of nitrogens with two attached hydrogens (primary N) is 3. The average molecular weight is 1830 g/mol. The third kappa shape index (κ3) is 30.4. The maximum Gasteiger partial charge on any atom is 0.327 e. The van der Waals surface area contributed by atoms with E-state index in [1.54, 1.807) is 31.2 Å². The molecule has 125 heavy (non-hydrogen) atoms. The fraction of sp³-hybridized carbons (Fsp3) is 0.562. The van der Waals surface area contributed by atoms with Gasteiger partial charge in [0, 0.05) is 90.9 Å². The van der Waals surface area contributed by atoms with Crippen LogP contribution in [0.25, 0.3) is 10.9 Å². The highest BCUT2D eigenvalue weighted by atomic mass is 33.1. The van der Waals surface area contributed by atoms with Crippen LogP contribution in [0.1, 0.15) is 102 Å². The van der Waals surface area contributed by atoms with Gasteiger partial charge in [0.1, 0.15) is 90.6 Å². The molecule has 0 saturated carbocycles. The first-order valence-electron chi connectivity index (χ1n) is 39.5. The van der Waals surface area contributed by atoms with Crippen LogP contribution in [0.15, 0.2) is 43.0 Å². The number of imidazole rings is 1. The second kappa shape index (κ2) is 48.9. The van der Waals surface area contributed by atoms with Gasteiger partial charge in [0.25, 0.3) is 0 Å². The van der Waals surface area contributed by atoms with Gasteiger partial charge < -0.3 is 137 Å². The van der Waals surface area contributed by atoms with Crippen molar-refractivity contribution in [1.29, 1.82) is 5.41 Å². The SMILES string of the molecule is CC[C@H](C)[C@@H]1NC(=O)[C@H](CCC(=O)O)NC(=O)[C@@H]2CCCN2C(=O)[C@H](Cc2cnc[nH]2)NC(=O)[C@H](CC(=O)O)NC(=O)[C@H](Cc2c[nH]c3ccccc23)NC(=O)[C@H](CC(N)=O)NC(=O)[C@@H]2CSSC[C@H](NC(=O)CN)C(=O)N[C@@H](CSSC[C@@H](C(=O)O)NC1=O)C(=O)N[C@@H](CO)C(=O)N[C@@H](CC(=O)O)C(=O)N1CCC[C@H]1C(=O)N[C@@H](CCCNC(=N)N)C(=O)N2. The number of nitrogens with zero attached hydrogens (tertiary/aromatic N) is 3. The number of aromatic amines is 2. The lowest BCUT2D eigenvalue weighted by Gasteiger charge is -2.31. The average Bonchev–Trinajstić information content (AvgIpc) is 1.70. The first-order valence-corrected chi connectivity index (χ1v) is 44.5. The summed E-state index contributed by atoms with van der Waals surface area (Å²) < 4.78 is 0. The third-order valence-corrected chi connectivity index (χ3v) is 25.2. The van der Waals surface area contributed by atoms with Crippen LogP contribution in [0.5, 0.6) is 0 Å². The maximum atomic E-state index is 15.2. The molecule has 52 heteroatoms. The second-order valence-corrected chi connectivity index (χ2v) is 34.6. The zero-order valence-electron chi connectivity index (χ0n) is 67.7. The Bertz CT molecular complexity index is 4470. The molecule has 2 bridgehead atoms. The van der Waals surface area contributed by atoms with Crippen molar-refractivity contribution < 1.29 is 121 Å². The third-order valence-electron chi connectivity index (χ3n) is 20.4. The van der Waals surface area contributed by atoms with Crippen LogP contribution < -0.4 is 91.6 Å². The van der Waals surface area contributed by atoms with E-state index in [2.05, 4.69) is 89.4 Å². The predicted octanol–water partition coefficient (Wildman–Crippen LogP) is -8.21. The molecule has 0 radical (unpaired) electrons. The number of nitrogens with one attached hydrogen (secondary N) is 17. The Morgan fingerprint density at radius 3 is 1.62 bits per heavy atom. The number of hydrogen-bond donors (Lipinski definition) is 25. The van der Waals surface area contributed by atoms with Gasteiger partial charge in [-0.05, 0) is 62.5 Å². The normalized spacial score (nSPS) is 26.4. The Morgan fingerprint density at radius 1 is 0.552 bits per heavy atom. The molecule has 4 aliphatic rings. The van der Waals surface area contributed by atoms with Gasteiger partial charge in [-0.15, -0.1) is 0 Å². The van der Waals surface area contributed by atoms with E-state index in [0.717, 1.165) is 9.80 Å². The summed E-state index contributed by atoms with van der Waals surface area (Å²) in [7, 11) is 2.70. The molecule has 6 heterocycles. The molecule has 4 saturated heterocycles. The maximum absolute atomic E-state index is 15.2. The zero-order chi connectivity index (χ0) is 91.9. The van der Waals surface area contributed by atoms with Crippen LogP contribution in [0.2, 0.25) is 0 Å². The molecular weight excluding hydrogens is 1730 g/mol. The Kier molecular flexibility index (Phi) is 39.1. The molecule has 0 aliphatic carbocycles. The lowest BCUT2D eigenvalue weighted by Crippen LogP contribution is -2.62. The van der Waals surface area contributed by atoms with E-state index >= 15 is 24.0 Å². The second-order valence-electron chi connectivity index (χ2n) is 29.5. The van der Waals surface area contributed by atoms with Gasteiger partial charge in [0.05, 0.1) is 38.7 Å². The highest BCUT2D eigenvalue weighted by Crippen LogP contribution is 2.28. The number of aromatic nitrogens is 3. The number of carboxylic acids is 4. The van der Waals surface area contributed by atoms with E-state index in [1.807, 2.05) is 0 Å². The van der Waals surface area contributed by atoms with Gasteiger partial charge in [0.2, 0.25) is 94.5 Å². The number of carbonyl (C=O) groups is 20. The Balaban J connectivity index is 1.38. The van der Waals surface area contributed by atoms with Crippen LogP contribution in [0.3, 0.4) is 0 Å². The minimum Gasteiger partial charge on any atom is -0.481 e. The van der Waals surface area contributed by atoms with Gasteiger partial charge in [-0.1, -0.05) is 81.6 Å². The molecule has 2 aromatic heterocycles. The van der Waals surface area contributed by atoms with Crippen LogP contribution in [0.4, 0.5) is 0 Å². The molecule has 48 nitrogen and oxygen atoms in total. The zero-order valence-corrected chi connectivity index (χ0v) is 70.9. The van der Waals surface area contributed by atoms with Gasteiger partial charge in [0.15, 0.2) is 5.96 Å². The number of carboxylic acid groups (broad SMARTS) is 4. The molecule has 4 fully saturated rings. The Labute approximate surface area is 728 Å². The number of hydrogen-bond acceptors (Lipinski definition) is 28. The fourth-order valence-corrected chi connectivity index (χ4v) is 18.3. The van der Waals surface area contributed by atoms with E-state index in [0.29, 0.717) is 59.6 Å². The van der Waals surface area contributed by atoms with Gasteiger partial charge in [-0.2, -0.15) is 0 Å². The number of carbonyl (C=O) groups excluding carboxylic acids is 16. The number of benzene rings is 1. The number of aliphatic carboxylic acids is 4. The summed E-state index contributed by atoms with van der Waals surface area (Å²) >= 11 is 0. The van der Waals surface area contributed by atoms with E-state index in [-0.39, 0.29) is 70.3 Å². The smallest absolute Gasteiger partial charge is 0.327 e. The fourth-order valence-electron chi connectivity index (χ4n) is 13.6. The van der Waals surface area contributed by atoms with E-state index in [9.17, 15) is 97.5 Å². The molecule has 4 aliphatic heterocycles. The largest absolute Gasteiger partial charge is 0.481 e. The van der Waals surface area contributed by atoms with E-state index in [4.69, 9.17) is 22.6 Å². The predicted molar refractivity (Wildman–Crippen MR) is 446 cm³/mol. The number of fused-ring (bicyclic) bond motifs is 11. The quantitative estimate of drug-likeness (QED) is 0.0181. The Morgan fingerprint density at radius 2 is 1.06 bits per heavy atom. The molecule has 684 valence electrons. The molecule has 0 unspecified atom stereocenters. The van der Waals surface area contributed by atoms with Crippen molar-refractivity contribution in [2.45, 2.75) is 194 Å². The summed E-state index contributed by atoms with van der Waals surface area (Å²) in [6.45, 7) is 0.442. The Hall–Kier alpha value is -12.0. The molecule has 7 rings (SSSR count). The van der Waals surface area contributed by atoms with E-state index in [1.165, 1.54) is 25.6 Å². The monoisotopic (exact) mass is 1830 g/mol. The summed E-state index contributed by atoms with van der Waals surface area (Å²) in [6.07, 6.45) is -2.44. The van der Waals surface area contributed by atoms with Crippen LogP contribution in [-0.4, -0.2) is 321 Å². The first-order chi connectivity index (χ1) is 59.4. The number of H-pyrrole nitrogens is 2. The minimum absolute atomic E-state index is 0.0588. The standard InChI is InChI=1S/C73H103N23O25S4/c1-3-33(2)57-69(117)93-49(72(120)121)31-125-124-30-48-66(114)90-45(27-97)63(111)89-44(23-56(104)105)71(119)96-18-8-12-50(96)67(115)83-38(11-6-16-79-73(76)77)58(106)91-47(29-123-122-28-46(64(112)92-48)82-53(99)24-74)65(113)86-41(21-52(75)98)61(109)85-40(19-34-25-80-37-10-5-4-9-36(34)37)60(108)87-42(22-55(102)103)62(110)88-43(20-35-26-78-32-81-35)70(118)95-17-7-13-51(95)68(116)84-39(59(107)94-57)14-15-54(100)101/h4-5,9-10,25-26,32-33,38-51,57,80,97H,3,6-8,11-24,27-31,74H2,1-2H3,(H2,75,98)(H,78,81)(H,82,99)(H,83,115)(H,84,116)(H,85,109)(H,86,113)(H,87,108)(H,88,110)(H,89,111)(H,90,114)(H,91,106)(H,92,112)(H,93,117)(H,94,107)(H,100,101)(H,102,103)(H,104,105)(H,120,121)(H4,76,77,79)/t33-,38-,39-,40-,41-,42-,43-,44-,45-,46-,47-,48-,49-,50-,51-,57-/m0/s1. The van der Waals surface area contributed by atoms with Crippen LogP contribution in [-0.2, 0) is 109 Å². The summed E-state index contributed by atoms with van der Waals surface area (Å²) in [6, 6.07) is -21.3. The van der Waals surface area contributed by atoms with E-state index < -0.39 is 302 Å². The van der Waals surface area contributed by atoms with Crippen molar-refractivity contribution in [2.24, 2.45) is 23.1 Å². The molecule has 3 aromatic rings. The number of aliphatic hydroxyl groups is 1. The number of aliphatic hydroxyl groups excluding tert-OH is 1. The van der Waals surface area contributed by atoms with Gasteiger partial charge in [-0.25, -0.2) is 9.78 Å². The summed E-state index contributed by atoms with van der Waals surface area (Å²) in [5.41, 5.74) is 17.9. The number of guanidine groups is 1. The van der Waals surface area contributed by atoms with Gasteiger partial charge >= 0.3 is 23.9 Å². The van der Waals surface area contributed by atoms with Crippen LogP contribution in [0, 0.1) is 11.3 Å². The lowest BCUT2D eigenvalue weighted by atomic mass is 9.97. The highest BCUT2D eigenvalue weighted by molar-refractivity contribution is 8.77. The summed E-state index contributed by atoms with van der Waals surface area (Å²) in [5.74, 6) is -29.6. The number of amides is 16. The number of para-hydroxylation sites is 1. The number of rotatable bonds is 23. The van der Waals surface area contributed by atoms with Crippen molar-refractivity contribution in [2.75, 3.05) is 55.8 Å². The highest BCUT2D eigenvalue weighted by Gasteiger charge is 2.45. The molecular formula is C73H103N23O25S4. The molecule has 0 spiro atoms. The lowest BCUT2D eigenvalue weighted by molar-refractivity contribution is -0.146. The molecule has 16 amide bonds. The van der Waals surface area contributed by atoms with Crippen molar-refractivity contribution >= 4 is 178 Å². The van der Waals surface area contributed by atoms with Crippen molar-refractivity contribution in [3.8, 4) is 0 Å². The first kappa shape index (κ1) is 100. The molecule has 28 N–H and O–H groups in total. The van der Waals surface area contributed by atoms with Crippen molar-refractivity contribution in [1.82, 2.24) is 99.2 Å². The summed E-state index contributed by atoms with van der Waals surface area (Å²) in [4.78, 5) is 296. The number of primary amides is 1. The van der Waals surface area contributed by atoms with Crippen molar-refractivity contribution in [3.05, 3.63) is 54.2 Å². The van der Waals surface area contributed by atoms with Gasteiger partial charge in [-0.3, -0.25) is 96.5 Å². The molecule has 1 aromatic carbocycles. The summed E-state index contributed by atoms with van der Waals surface area (Å²) in [5, 5.41) is 93.5. The van der Waals surface area contributed by atoms with Crippen molar-refractivity contribution in [3.63, 3.8) is 0 Å². The topological polar surface area (TPSA) is 764 Å². The molecule has 16 atom stereocenters. The minimum atomic E-state index is -2.16. The van der Waals surface area contributed by atoms with Crippen LogP contribution >= 0.6 is 43.2 Å².